The molecule has 1 atom stereocenters. The van der Waals surface area contributed by atoms with Crippen LogP contribution in [0.4, 0.5) is 5.69 Å². The summed E-state index contributed by atoms with van der Waals surface area (Å²) in [6.07, 6.45) is 5.50. The molecular weight excluding hydrogens is 440 g/mol. The van der Waals surface area contributed by atoms with Crippen molar-refractivity contribution in [2.45, 2.75) is 75.1 Å². The Labute approximate surface area is 211 Å². The third-order valence-electron chi connectivity index (χ3n) is 7.19. The van der Waals surface area contributed by atoms with Gasteiger partial charge in [-0.25, -0.2) is 0 Å². The fraction of sp³-hybridized carbons (Fsp3) is 0.556. The van der Waals surface area contributed by atoms with Crippen LogP contribution in [0.3, 0.4) is 0 Å². The van der Waals surface area contributed by atoms with Crippen LogP contribution >= 0.6 is 11.9 Å². The molecule has 0 aliphatic carbocycles. The average Bonchev–Trinajstić information content (AvgIpc) is 2.83. The molecule has 0 amide bonds. The minimum Gasteiger partial charge on any atom is -0.493 e. The molecule has 2 heterocycles. The van der Waals surface area contributed by atoms with Crippen LogP contribution in [0.5, 0.6) is 5.75 Å². The van der Waals surface area contributed by atoms with Gasteiger partial charge in [0, 0.05) is 35.1 Å². The van der Waals surface area contributed by atoms with E-state index in [9.17, 15) is 5.11 Å². The number of aryl methyl sites for hydroxylation is 1. The van der Waals surface area contributed by atoms with Crippen molar-refractivity contribution in [1.29, 1.82) is 0 Å². The summed E-state index contributed by atoms with van der Waals surface area (Å²) in [5.74, 6) is 1.85. The van der Waals surface area contributed by atoms with Gasteiger partial charge in [0.25, 0.3) is 0 Å². The highest BCUT2D eigenvalue weighted by atomic mass is 32.2. The fourth-order valence-corrected chi connectivity index (χ4v) is 6.12. The summed E-state index contributed by atoms with van der Waals surface area (Å²) in [6.45, 7) is 9.11. The third-order valence-corrected chi connectivity index (χ3v) is 8.34. The summed E-state index contributed by atoms with van der Waals surface area (Å²) in [7, 11) is 3.69. The molecule has 0 spiro atoms. The second-order valence-corrected chi connectivity index (χ2v) is 11.7. The van der Waals surface area contributed by atoms with E-state index in [1.807, 2.05) is 21.8 Å². The zero-order valence-electron chi connectivity index (χ0n) is 21.5. The van der Waals surface area contributed by atoms with E-state index in [4.69, 9.17) is 9.47 Å². The van der Waals surface area contributed by atoms with Gasteiger partial charge in [0.1, 0.15) is 21.4 Å². The van der Waals surface area contributed by atoms with Gasteiger partial charge in [0.2, 0.25) is 0 Å². The lowest BCUT2D eigenvalue weighted by Gasteiger charge is -2.38. The standard InChI is InChI=1S/C27H39B2NO3S/c1-4-22-7-5-21-15-20(18(2)3)6-9-25(21)30(22)34-23-8-10-26(24(16-23)27(28,29)31)33-17-19-11-13-32-14-12-19/h6,8-10,15-16,18-19,22,31H,4-5,7,11-14,17,28-29H2,1-3H3. The van der Waals surface area contributed by atoms with Crippen LogP contribution < -0.4 is 9.04 Å². The second-order valence-electron chi connectivity index (χ2n) is 10.6. The smallest absolute Gasteiger partial charge is 0.137 e. The quantitative estimate of drug-likeness (QED) is 0.454. The van der Waals surface area contributed by atoms with Gasteiger partial charge in [0.15, 0.2) is 0 Å². The van der Waals surface area contributed by atoms with Crippen LogP contribution in [-0.4, -0.2) is 46.7 Å². The number of ether oxygens (including phenoxy) is 2. The van der Waals surface area contributed by atoms with Crippen molar-refractivity contribution in [3.8, 4) is 5.75 Å². The molecule has 0 saturated carbocycles. The summed E-state index contributed by atoms with van der Waals surface area (Å²) in [5, 5.41) is 9.98. The molecule has 2 aromatic rings. The Kier molecular flexibility index (Phi) is 8.27. The fourth-order valence-electron chi connectivity index (χ4n) is 4.91. The normalized spacial score (nSPS) is 19.3. The number of benzene rings is 2. The van der Waals surface area contributed by atoms with Gasteiger partial charge < -0.3 is 18.9 Å². The SMILES string of the molecule is BC(B)(O)c1cc(SN2c3ccc(C(C)C)cc3CCC2CC)ccc1OCC1CCOCC1. The Morgan fingerprint density at radius 1 is 1.15 bits per heavy atom. The molecule has 1 saturated heterocycles. The maximum absolute atomic E-state index is 11.0. The monoisotopic (exact) mass is 479 g/mol. The first-order valence-electron chi connectivity index (χ1n) is 12.9. The molecule has 2 aliphatic heterocycles. The maximum Gasteiger partial charge on any atom is 0.137 e. The Morgan fingerprint density at radius 3 is 2.59 bits per heavy atom. The molecule has 0 aromatic heterocycles. The molecular formula is C27H39B2NO3S. The highest BCUT2D eigenvalue weighted by Crippen LogP contribution is 2.42. The predicted molar refractivity (Wildman–Crippen MR) is 148 cm³/mol. The number of hydrogen-bond acceptors (Lipinski definition) is 5. The first-order chi connectivity index (χ1) is 16.3. The van der Waals surface area contributed by atoms with Gasteiger partial charge in [-0.1, -0.05) is 32.9 Å². The molecule has 0 radical (unpaired) electrons. The zero-order chi connectivity index (χ0) is 24.3. The molecule has 1 N–H and O–H groups in total. The van der Waals surface area contributed by atoms with Gasteiger partial charge >= 0.3 is 0 Å². The van der Waals surface area contributed by atoms with Gasteiger partial charge in [-0.3, -0.25) is 0 Å². The Balaban J connectivity index is 1.58. The summed E-state index contributed by atoms with van der Waals surface area (Å²) in [5.41, 5.74) is 5.04. The molecule has 2 aliphatic rings. The molecule has 4 nitrogen and oxygen atoms in total. The van der Waals surface area contributed by atoms with Gasteiger partial charge in [-0.2, -0.15) is 0 Å². The molecule has 182 valence electrons. The van der Waals surface area contributed by atoms with E-state index < -0.39 is 5.40 Å². The predicted octanol–water partition coefficient (Wildman–Crippen LogP) is 4.22. The number of rotatable bonds is 8. The van der Waals surface area contributed by atoms with Crippen LogP contribution in [0.15, 0.2) is 41.3 Å². The van der Waals surface area contributed by atoms with Gasteiger partial charge in [-0.05, 0) is 91.3 Å². The molecule has 7 heteroatoms. The summed E-state index contributed by atoms with van der Waals surface area (Å²) >= 11 is 1.79. The largest absolute Gasteiger partial charge is 0.493 e. The van der Waals surface area contributed by atoms with Crippen LogP contribution in [-0.2, 0) is 16.6 Å². The minimum atomic E-state index is -0.974. The minimum absolute atomic E-state index is 0.498. The van der Waals surface area contributed by atoms with Crippen LogP contribution in [0, 0.1) is 5.92 Å². The van der Waals surface area contributed by atoms with Crippen molar-refractivity contribution in [3.05, 3.63) is 53.1 Å². The first kappa shape index (κ1) is 25.5. The number of nitrogens with zero attached hydrogens (tertiary/aromatic N) is 1. The number of hydrogen-bond donors (Lipinski definition) is 1. The highest BCUT2D eigenvalue weighted by Gasteiger charge is 2.28. The van der Waals surface area contributed by atoms with Crippen molar-refractivity contribution >= 4 is 33.3 Å². The molecule has 34 heavy (non-hydrogen) atoms. The van der Waals surface area contributed by atoms with E-state index in [1.165, 1.54) is 23.2 Å². The topological polar surface area (TPSA) is 41.9 Å². The maximum atomic E-state index is 11.0. The second kappa shape index (κ2) is 11.0. The van der Waals surface area contributed by atoms with Crippen molar-refractivity contribution in [2.24, 2.45) is 5.92 Å². The van der Waals surface area contributed by atoms with E-state index in [0.717, 1.165) is 55.1 Å². The lowest BCUT2D eigenvalue weighted by Crippen LogP contribution is -2.33. The third kappa shape index (κ3) is 5.98. The summed E-state index contributed by atoms with van der Waals surface area (Å²) < 4.78 is 14.2. The van der Waals surface area contributed by atoms with Crippen LogP contribution in [0.1, 0.15) is 69.1 Å². The van der Waals surface area contributed by atoms with Crippen molar-refractivity contribution in [3.63, 3.8) is 0 Å². The van der Waals surface area contributed by atoms with Crippen molar-refractivity contribution in [2.75, 3.05) is 24.1 Å². The Hall–Kier alpha value is -1.56. The summed E-state index contributed by atoms with van der Waals surface area (Å²) in [4.78, 5) is 1.13. The Morgan fingerprint density at radius 2 is 1.91 bits per heavy atom. The molecule has 4 rings (SSSR count). The molecule has 0 bridgehead atoms. The molecule has 1 fully saturated rings. The first-order valence-corrected chi connectivity index (χ1v) is 13.7. The number of anilines is 1. The molecule has 2 aromatic carbocycles. The van der Waals surface area contributed by atoms with E-state index in [2.05, 4.69) is 55.4 Å². The number of fused-ring (bicyclic) bond motifs is 1. The lowest BCUT2D eigenvalue weighted by molar-refractivity contribution is 0.0492. The van der Waals surface area contributed by atoms with Crippen LogP contribution in [0.25, 0.3) is 0 Å². The molecule has 1 unspecified atom stereocenters. The summed E-state index contributed by atoms with van der Waals surface area (Å²) in [6, 6.07) is 13.8. The van der Waals surface area contributed by atoms with Crippen molar-refractivity contribution in [1.82, 2.24) is 0 Å². The van der Waals surface area contributed by atoms with E-state index >= 15 is 0 Å². The van der Waals surface area contributed by atoms with Crippen LogP contribution in [0.2, 0.25) is 0 Å². The lowest BCUT2D eigenvalue weighted by atomic mass is 9.61. The zero-order valence-corrected chi connectivity index (χ0v) is 22.3. The average molecular weight is 479 g/mol. The highest BCUT2D eigenvalue weighted by molar-refractivity contribution is 8.00. The van der Waals surface area contributed by atoms with E-state index in [1.54, 1.807) is 11.9 Å². The van der Waals surface area contributed by atoms with Gasteiger partial charge in [0.05, 0.1) is 12.3 Å². The Bertz CT molecular complexity index is 973. The van der Waals surface area contributed by atoms with Gasteiger partial charge in [-0.15, -0.1) is 0 Å². The van der Waals surface area contributed by atoms with E-state index in [-0.39, 0.29) is 0 Å². The van der Waals surface area contributed by atoms with E-state index in [0.29, 0.717) is 24.5 Å². The van der Waals surface area contributed by atoms with Crippen molar-refractivity contribution < 1.29 is 14.6 Å². The number of aliphatic hydroxyl groups is 1.